The number of ether oxygens (including phenoxy) is 4. The van der Waals surface area contributed by atoms with Gasteiger partial charge in [0.1, 0.15) is 12.2 Å². The molecule has 4 rings (SSSR count). The minimum Gasteiger partial charge on any atom is -0.450 e. The molecule has 1 N–H and O–H groups in total. The van der Waals surface area contributed by atoms with Gasteiger partial charge in [-0.3, -0.25) is 0 Å². The van der Waals surface area contributed by atoms with Crippen molar-refractivity contribution in [2.24, 2.45) is 0 Å². The van der Waals surface area contributed by atoms with Crippen LogP contribution in [0.2, 0.25) is 0 Å². The average Bonchev–Trinajstić information content (AvgIpc) is 3.13. The molecule has 1 fully saturated rings. The monoisotopic (exact) mass is 448 g/mol. The van der Waals surface area contributed by atoms with E-state index in [-0.39, 0.29) is 13.2 Å². The summed E-state index contributed by atoms with van der Waals surface area (Å²) in [4.78, 5) is 12.7. The number of aryl methyl sites for hydroxylation is 1. The summed E-state index contributed by atoms with van der Waals surface area (Å²) in [5.74, 6) is -0.540. The zero-order chi connectivity index (χ0) is 23.0. The lowest BCUT2D eigenvalue weighted by Crippen LogP contribution is -2.40. The second-order valence-electron chi connectivity index (χ2n) is 8.06. The summed E-state index contributed by atoms with van der Waals surface area (Å²) >= 11 is 0. The van der Waals surface area contributed by atoms with Crippen molar-refractivity contribution in [3.8, 4) is 0 Å². The van der Waals surface area contributed by atoms with Crippen LogP contribution in [0.25, 0.3) is 0 Å². The predicted molar refractivity (Wildman–Crippen MR) is 122 cm³/mol. The van der Waals surface area contributed by atoms with Crippen LogP contribution in [0.5, 0.6) is 0 Å². The maximum absolute atomic E-state index is 12.7. The first-order chi connectivity index (χ1) is 16.1. The van der Waals surface area contributed by atoms with E-state index in [1.807, 2.05) is 79.7 Å². The van der Waals surface area contributed by atoms with Gasteiger partial charge in [0.2, 0.25) is 0 Å². The molecule has 0 amide bonds. The molecule has 0 bridgehead atoms. The van der Waals surface area contributed by atoms with Gasteiger partial charge in [0, 0.05) is 0 Å². The molecule has 172 valence electrons. The minimum atomic E-state index is -1.31. The van der Waals surface area contributed by atoms with Crippen LogP contribution < -0.4 is 0 Å². The summed E-state index contributed by atoms with van der Waals surface area (Å²) < 4.78 is 23.3. The second kappa shape index (κ2) is 11.2. The van der Waals surface area contributed by atoms with E-state index in [0.29, 0.717) is 12.2 Å². The normalized spacial score (nSPS) is 22.2. The fraction of sp³-hybridized carbons (Fsp3) is 0.296. The molecule has 1 aliphatic rings. The van der Waals surface area contributed by atoms with Crippen molar-refractivity contribution in [3.63, 3.8) is 0 Å². The van der Waals surface area contributed by atoms with Crippen molar-refractivity contribution in [1.29, 1.82) is 0 Å². The molecule has 1 saturated heterocycles. The van der Waals surface area contributed by atoms with Gasteiger partial charge in [-0.2, -0.15) is 0 Å². The smallest absolute Gasteiger partial charge is 0.338 e. The Kier molecular flexibility index (Phi) is 7.86. The molecule has 0 unspecified atom stereocenters. The molecule has 0 spiro atoms. The molecule has 3 aromatic carbocycles. The zero-order valence-electron chi connectivity index (χ0n) is 18.5. The molecule has 33 heavy (non-hydrogen) atoms. The van der Waals surface area contributed by atoms with Gasteiger partial charge in [0.15, 0.2) is 12.4 Å². The first kappa shape index (κ1) is 23.1. The Balaban J connectivity index is 1.44. The summed E-state index contributed by atoms with van der Waals surface area (Å²) in [6.45, 7) is 2.81. The Morgan fingerprint density at radius 1 is 0.848 bits per heavy atom. The highest BCUT2D eigenvalue weighted by molar-refractivity contribution is 5.89. The lowest BCUT2D eigenvalue weighted by molar-refractivity contribution is -0.139. The van der Waals surface area contributed by atoms with Gasteiger partial charge in [0.05, 0.1) is 25.4 Å². The summed E-state index contributed by atoms with van der Waals surface area (Å²) in [6.07, 6.45) is -3.58. The predicted octanol–water partition coefficient (Wildman–Crippen LogP) is 4.04. The van der Waals surface area contributed by atoms with Crippen LogP contribution in [0.1, 0.15) is 27.0 Å². The Morgan fingerprint density at radius 3 is 2.09 bits per heavy atom. The fourth-order valence-corrected chi connectivity index (χ4v) is 3.68. The van der Waals surface area contributed by atoms with Crippen LogP contribution in [-0.2, 0) is 32.2 Å². The average molecular weight is 449 g/mol. The van der Waals surface area contributed by atoms with Crippen molar-refractivity contribution in [3.05, 3.63) is 107 Å². The summed E-state index contributed by atoms with van der Waals surface area (Å²) in [5.41, 5.74) is 3.43. The SMILES string of the molecule is Cc1ccc(C(=O)O[C@H]2[C@H](OCc3ccccc3)[C@@H](COCc3ccccc3)O[C@H]2O)cc1. The van der Waals surface area contributed by atoms with Gasteiger partial charge in [-0.05, 0) is 30.2 Å². The molecule has 0 aromatic heterocycles. The molecule has 3 aromatic rings. The third-order valence-electron chi connectivity index (χ3n) is 5.49. The first-order valence-electron chi connectivity index (χ1n) is 11.0. The molecular weight excluding hydrogens is 420 g/mol. The number of carbonyl (C=O) groups is 1. The van der Waals surface area contributed by atoms with Crippen LogP contribution in [-0.4, -0.2) is 42.3 Å². The molecule has 6 nitrogen and oxygen atoms in total. The van der Waals surface area contributed by atoms with E-state index < -0.39 is 30.6 Å². The molecule has 0 saturated carbocycles. The molecule has 1 aliphatic heterocycles. The number of aliphatic hydroxyl groups excluding tert-OH is 1. The van der Waals surface area contributed by atoms with Crippen molar-refractivity contribution in [2.75, 3.05) is 6.61 Å². The summed E-state index contributed by atoms with van der Waals surface area (Å²) in [6, 6.07) is 26.5. The van der Waals surface area contributed by atoms with E-state index >= 15 is 0 Å². The van der Waals surface area contributed by atoms with E-state index in [1.165, 1.54) is 0 Å². The number of benzene rings is 3. The highest BCUT2D eigenvalue weighted by Crippen LogP contribution is 2.28. The third-order valence-corrected chi connectivity index (χ3v) is 5.49. The molecule has 0 radical (unpaired) electrons. The van der Waals surface area contributed by atoms with Crippen molar-refractivity contribution in [1.82, 2.24) is 0 Å². The molecule has 4 atom stereocenters. The van der Waals surface area contributed by atoms with E-state index in [1.54, 1.807) is 12.1 Å². The van der Waals surface area contributed by atoms with Gasteiger partial charge < -0.3 is 24.1 Å². The molecule has 0 aliphatic carbocycles. The minimum absolute atomic E-state index is 0.185. The first-order valence-corrected chi connectivity index (χ1v) is 11.0. The van der Waals surface area contributed by atoms with Crippen molar-refractivity contribution < 1.29 is 28.8 Å². The summed E-state index contributed by atoms with van der Waals surface area (Å²) in [5, 5.41) is 10.5. The van der Waals surface area contributed by atoms with Gasteiger partial charge in [-0.25, -0.2) is 4.79 Å². The van der Waals surface area contributed by atoms with Crippen LogP contribution in [0.3, 0.4) is 0 Å². The van der Waals surface area contributed by atoms with Crippen molar-refractivity contribution in [2.45, 2.75) is 44.7 Å². The number of esters is 1. The van der Waals surface area contributed by atoms with Crippen LogP contribution in [0.15, 0.2) is 84.9 Å². The number of carbonyl (C=O) groups excluding carboxylic acids is 1. The Morgan fingerprint density at radius 2 is 1.45 bits per heavy atom. The molecular formula is C27H28O6. The molecule has 6 heteroatoms. The van der Waals surface area contributed by atoms with E-state index in [0.717, 1.165) is 16.7 Å². The van der Waals surface area contributed by atoms with Crippen LogP contribution >= 0.6 is 0 Å². The highest BCUT2D eigenvalue weighted by atomic mass is 16.7. The number of hydrogen-bond acceptors (Lipinski definition) is 6. The Labute approximate surface area is 193 Å². The van der Waals surface area contributed by atoms with E-state index in [9.17, 15) is 9.90 Å². The highest BCUT2D eigenvalue weighted by Gasteiger charge is 2.47. The standard InChI is InChI=1S/C27H28O6/c1-19-12-14-22(15-13-19)26(28)33-25-24(31-17-21-10-6-3-7-11-21)23(32-27(25)29)18-30-16-20-8-4-2-5-9-20/h2-15,23-25,27,29H,16-18H2,1H3/t23-,24-,25+,27-/m1/s1. The van der Waals surface area contributed by atoms with Crippen LogP contribution in [0, 0.1) is 6.92 Å². The maximum atomic E-state index is 12.7. The Bertz CT molecular complexity index is 1010. The van der Waals surface area contributed by atoms with Crippen molar-refractivity contribution >= 4 is 5.97 Å². The van der Waals surface area contributed by atoms with Crippen LogP contribution in [0.4, 0.5) is 0 Å². The fourth-order valence-electron chi connectivity index (χ4n) is 3.68. The third kappa shape index (κ3) is 6.27. The quantitative estimate of drug-likeness (QED) is 0.498. The molecule has 1 heterocycles. The zero-order valence-corrected chi connectivity index (χ0v) is 18.5. The van der Waals surface area contributed by atoms with Gasteiger partial charge in [-0.15, -0.1) is 0 Å². The number of rotatable bonds is 9. The van der Waals surface area contributed by atoms with E-state index in [2.05, 4.69) is 0 Å². The Hall–Kier alpha value is -3.03. The number of hydrogen-bond donors (Lipinski definition) is 1. The lowest BCUT2D eigenvalue weighted by atomic mass is 10.1. The van der Waals surface area contributed by atoms with Gasteiger partial charge in [0.25, 0.3) is 0 Å². The van der Waals surface area contributed by atoms with Gasteiger partial charge in [-0.1, -0.05) is 78.4 Å². The van der Waals surface area contributed by atoms with Gasteiger partial charge >= 0.3 is 5.97 Å². The lowest BCUT2D eigenvalue weighted by Gasteiger charge is -2.23. The van der Waals surface area contributed by atoms with E-state index in [4.69, 9.17) is 18.9 Å². The topological polar surface area (TPSA) is 74.2 Å². The largest absolute Gasteiger partial charge is 0.450 e. The number of aliphatic hydroxyl groups is 1. The summed E-state index contributed by atoms with van der Waals surface area (Å²) in [7, 11) is 0. The maximum Gasteiger partial charge on any atom is 0.338 e. The second-order valence-corrected chi connectivity index (χ2v) is 8.06.